The van der Waals surface area contributed by atoms with Crippen LogP contribution in [0.1, 0.15) is 0 Å². The highest BCUT2D eigenvalue weighted by Gasteiger charge is 2.34. The zero-order valence-electron chi connectivity index (χ0n) is 6.96. The van der Waals surface area contributed by atoms with Gasteiger partial charge in [0.15, 0.2) is 12.4 Å². The molecule has 0 N–H and O–H groups in total. The predicted octanol–water partition coefficient (Wildman–Crippen LogP) is -1.12. The summed E-state index contributed by atoms with van der Waals surface area (Å²) in [6, 6.07) is 1.91. The third kappa shape index (κ3) is 0.784. The van der Waals surface area contributed by atoms with Crippen molar-refractivity contribution >= 4 is 7.98 Å². The molecule has 3 heterocycles. The van der Waals surface area contributed by atoms with Crippen molar-refractivity contribution in [3.63, 3.8) is 0 Å². The summed E-state index contributed by atoms with van der Waals surface area (Å²) in [4.78, 5) is 4.24. The van der Waals surface area contributed by atoms with Crippen LogP contribution in [0, 0.1) is 0 Å². The van der Waals surface area contributed by atoms with Crippen molar-refractivity contribution in [2.75, 3.05) is 0 Å². The first-order valence-electron chi connectivity index (χ1n) is 4.07. The van der Waals surface area contributed by atoms with Crippen molar-refractivity contribution in [2.24, 2.45) is 0 Å². The molecule has 13 heavy (non-hydrogen) atoms. The molecule has 0 atom stereocenters. The van der Waals surface area contributed by atoms with Crippen LogP contribution < -0.4 is 9.05 Å². The maximum atomic E-state index is 5.79. The highest BCUT2D eigenvalue weighted by molar-refractivity contribution is 5.95. The Morgan fingerprint density at radius 2 is 2.38 bits per heavy atom. The van der Waals surface area contributed by atoms with E-state index in [0.29, 0.717) is 0 Å². The standard InChI is InChI=1S/C8H7BN4/c9-13-4-1-3-12-6-11-5-2-10-7(11)8(12)13/h1-5H,6H2/q+2. The number of nitrogens with zero attached hydrogens (tertiary/aromatic N) is 4. The van der Waals surface area contributed by atoms with Gasteiger partial charge in [0, 0.05) is 12.4 Å². The van der Waals surface area contributed by atoms with Gasteiger partial charge in [0.05, 0.1) is 6.07 Å². The van der Waals surface area contributed by atoms with E-state index in [1.165, 1.54) is 0 Å². The average molecular weight is 170 g/mol. The van der Waals surface area contributed by atoms with Gasteiger partial charge in [-0.15, -0.1) is 4.57 Å². The average Bonchev–Trinajstić information content (AvgIpc) is 2.62. The summed E-state index contributed by atoms with van der Waals surface area (Å²) >= 11 is 0. The predicted molar refractivity (Wildman–Crippen MR) is 44.6 cm³/mol. The molecule has 0 aromatic carbocycles. The minimum absolute atomic E-state index is 0.794. The summed E-state index contributed by atoms with van der Waals surface area (Å²) in [5.41, 5.74) is 0. The summed E-state index contributed by atoms with van der Waals surface area (Å²) in [7, 11) is 5.79. The molecule has 2 aromatic rings. The van der Waals surface area contributed by atoms with Gasteiger partial charge in [-0.2, -0.15) is 0 Å². The minimum atomic E-state index is 0.794. The van der Waals surface area contributed by atoms with Crippen molar-refractivity contribution in [3.8, 4) is 11.6 Å². The number of aromatic nitrogens is 4. The number of imidazole rings is 1. The van der Waals surface area contributed by atoms with Crippen LogP contribution in [0.15, 0.2) is 30.9 Å². The van der Waals surface area contributed by atoms with Crippen LogP contribution in [-0.2, 0) is 6.67 Å². The van der Waals surface area contributed by atoms with Gasteiger partial charge in [-0.1, -0.05) is 0 Å². The van der Waals surface area contributed by atoms with E-state index in [9.17, 15) is 0 Å². The van der Waals surface area contributed by atoms with Crippen LogP contribution in [0.4, 0.5) is 0 Å². The number of hydrogen-bond donors (Lipinski definition) is 0. The Morgan fingerprint density at radius 1 is 1.46 bits per heavy atom. The van der Waals surface area contributed by atoms with Gasteiger partial charge in [-0.3, -0.25) is 4.57 Å². The van der Waals surface area contributed by atoms with Crippen LogP contribution >= 0.6 is 0 Å². The monoisotopic (exact) mass is 170 g/mol. The fraction of sp³-hybridized carbons (Fsp3) is 0.125. The van der Waals surface area contributed by atoms with E-state index in [-0.39, 0.29) is 0 Å². The van der Waals surface area contributed by atoms with Crippen molar-refractivity contribution in [1.29, 1.82) is 0 Å². The van der Waals surface area contributed by atoms with Crippen LogP contribution in [0.25, 0.3) is 11.6 Å². The Morgan fingerprint density at radius 3 is 3.31 bits per heavy atom. The van der Waals surface area contributed by atoms with Crippen LogP contribution in [0.5, 0.6) is 0 Å². The second-order valence-corrected chi connectivity index (χ2v) is 3.05. The molecule has 0 unspecified atom stereocenters. The summed E-state index contributed by atoms with van der Waals surface area (Å²) in [5.74, 6) is 1.86. The van der Waals surface area contributed by atoms with E-state index in [0.717, 1.165) is 18.3 Å². The zero-order valence-corrected chi connectivity index (χ0v) is 6.96. The van der Waals surface area contributed by atoms with E-state index in [1.54, 1.807) is 10.7 Å². The molecule has 0 bridgehead atoms. The fourth-order valence-corrected chi connectivity index (χ4v) is 1.68. The lowest BCUT2D eigenvalue weighted by atomic mass is 10.3. The van der Waals surface area contributed by atoms with Crippen molar-refractivity contribution in [2.45, 2.75) is 6.67 Å². The smallest absolute Gasteiger partial charge is 0.263 e. The Bertz CT molecular complexity index is 477. The lowest BCUT2D eigenvalue weighted by Gasteiger charge is -1.88. The van der Waals surface area contributed by atoms with Crippen molar-refractivity contribution in [1.82, 2.24) is 9.55 Å². The first kappa shape index (κ1) is 6.83. The fourth-order valence-electron chi connectivity index (χ4n) is 1.68. The SMILES string of the molecule is [B][n+]1ccc[n+]2c1-c1nccn1C2. The van der Waals surface area contributed by atoms with E-state index in [2.05, 4.69) is 14.1 Å². The Labute approximate surface area is 76.5 Å². The third-order valence-corrected chi connectivity index (χ3v) is 2.25. The van der Waals surface area contributed by atoms with E-state index in [4.69, 9.17) is 7.98 Å². The molecule has 2 aromatic heterocycles. The van der Waals surface area contributed by atoms with Gasteiger partial charge < -0.3 is 0 Å². The Kier molecular flexibility index (Phi) is 1.15. The maximum absolute atomic E-state index is 5.79. The minimum Gasteiger partial charge on any atom is -0.263 e. The molecule has 0 saturated carbocycles. The lowest BCUT2D eigenvalue weighted by Crippen LogP contribution is -2.47. The largest absolute Gasteiger partial charge is 0.592 e. The summed E-state index contributed by atoms with van der Waals surface area (Å²) in [5, 5.41) is 0. The number of rotatable bonds is 0. The molecule has 0 aliphatic carbocycles. The first-order chi connectivity index (χ1) is 6.36. The van der Waals surface area contributed by atoms with Gasteiger partial charge in [-0.05, 0) is 0 Å². The molecule has 0 fully saturated rings. The second kappa shape index (κ2) is 2.19. The molecule has 0 saturated heterocycles. The van der Waals surface area contributed by atoms with Crippen LogP contribution in [0.2, 0.25) is 0 Å². The van der Waals surface area contributed by atoms with Gasteiger partial charge in [0.25, 0.3) is 5.82 Å². The highest BCUT2D eigenvalue weighted by atomic mass is 15.3. The molecular formula is C8H7BN4+2. The Hall–Kier alpha value is -1.65. The molecule has 3 rings (SSSR count). The summed E-state index contributed by atoms with van der Waals surface area (Å²) in [6.07, 6.45) is 7.54. The molecule has 4 nitrogen and oxygen atoms in total. The number of hydrogen-bond acceptors (Lipinski definition) is 1. The first-order valence-corrected chi connectivity index (χ1v) is 4.07. The van der Waals surface area contributed by atoms with Gasteiger partial charge in [-0.25, -0.2) is 9.46 Å². The molecule has 5 heteroatoms. The van der Waals surface area contributed by atoms with Crippen LogP contribution in [0.3, 0.4) is 0 Å². The van der Waals surface area contributed by atoms with Crippen LogP contribution in [-0.4, -0.2) is 17.5 Å². The molecule has 2 radical (unpaired) electrons. The summed E-state index contributed by atoms with van der Waals surface area (Å²) < 4.78 is 5.70. The van der Waals surface area contributed by atoms with Gasteiger partial charge in [0.1, 0.15) is 0 Å². The van der Waals surface area contributed by atoms with Crippen molar-refractivity contribution < 1.29 is 9.05 Å². The van der Waals surface area contributed by atoms with E-state index >= 15 is 0 Å². The lowest BCUT2D eigenvalue weighted by molar-refractivity contribution is -0.747. The van der Waals surface area contributed by atoms with Gasteiger partial charge in [0.2, 0.25) is 6.67 Å². The highest BCUT2D eigenvalue weighted by Crippen LogP contribution is 2.12. The van der Waals surface area contributed by atoms with Crippen molar-refractivity contribution in [3.05, 3.63) is 30.9 Å². The number of fused-ring (bicyclic) bond motifs is 3. The molecule has 1 aliphatic rings. The molecule has 60 valence electrons. The second-order valence-electron chi connectivity index (χ2n) is 3.05. The summed E-state index contributed by atoms with van der Waals surface area (Å²) in [6.45, 7) is 0.794. The third-order valence-electron chi connectivity index (χ3n) is 2.25. The van der Waals surface area contributed by atoms with Gasteiger partial charge >= 0.3 is 13.8 Å². The molecule has 0 spiro atoms. The zero-order chi connectivity index (χ0) is 8.84. The van der Waals surface area contributed by atoms with E-state index in [1.807, 2.05) is 24.7 Å². The Balaban J connectivity index is 2.37. The normalized spacial score (nSPS) is 12.6. The molecule has 0 amide bonds. The molecule has 1 aliphatic heterocycles. The molecular weight excluding hydrogens is 163 g/mol. The topological polar surface area (TPSA) is 25.6 Å². The maximum Gasteiger partial charge on any atom is 0.592 e. The van der Waals surface area contributed by atoms with E-state index < -0.39 is 0 Å². The quantitative estimate of drug-likeness (QED) is 0.310.